The first-order valence-corrected chi connectivity index (χ1v) is 5.45. The number of nitrogens with zero attached hydrogens (tertiary/aromatic N) is 1. The van der Waals surface area contributed by atoms with E-state index in [1.54, 1.807) is 18.3 Å². The van der Waals surface area contributed by atoms with Gasteiger partial charge in [-0.3, -0.25) is 4.98 Å². The van der Waals surface area contributed by atoms with Crippen LogP contribution >= 0.6 is 0 Å². The van der Waals surface area contributed by atoms with Crippen molar-refractivity contribution in [2.75, 3.05) is 0 Å². The maximum atomic E-state index is 7.43. The van der Waals surface area contributed by atoms with Gasteiger partial charge in [-0.15, -0.1) is 0 Å². The van der Waals surface area contributed by atoms with Crippen LogP contribution in [0.25, 0.3) is 11.3 Å². The molecule has 1 aromatic carbocycles. The molecule has 1 aromatic heterocycles. The average molecular weight is 214 g/mol. The summed E-state index contributed by atoms with van der Waals surface area (Å²) in [5.41, 5.74) is 3.22. The molecule has 0 spiro atoms. The molecule has 0 aliphatic heterocycles. The Morgan fingerprint density at radius 3 is 2.50 bits per heavy atom. The predicted molar refractivity (Wildman–Crippen MR) is 68.5 cm³/mol. The highest BCUT2D eigenvalue weighted by Gasteiger charge is 2.01. The molecule has 0 bridgehead atoms. The molecule has 2 rings (SSSR count). The Labute approximate surface area is 101 Å². The number of rotatable bonds is 2. The molecule has 2 aromatic rings. The monoisotopic (exact) mass is 214 g/mol. The highest BCUT2D eigenvalue weighted by atomic mass is 14.7. The highest BCUT2D eigenvalue weighted by molar-refractivity contribution is 5.60. The Morgan fingerprint density at radius 1 is 1.12 bits per heavy atom. The lowest BCUT2D eigenvalue weighted by Crippen LogP contribution is -1.88. The van der Waals surface area contributed by atoms with Crippen molar-refractivity contribution in [3.8, 4) is 11.3 Å². The zero-order chi connectivity index (χ0) is 14.0. The third kappa shape index (κ3) is 2.30. The first kappa shape index (κ1) is 7.61. The second-order valence-electron chi connectivity index (χ2n) is 4.21. The van der Waals surface area contributed by atoms with E-state index >= 15 is 0 Å². The van der Waals surface area contributed by atoms with Crippen molar-refractivity contribution in [3.63, 3.8) is 0 Å². The SMILES string of the molecule is [2H]C([2H])([2H])c1ccnc(-c2ccc(C(C)C)cc2)c1. The minimum atomic E-state index is -2.09. The van der Waals surface area contributed by atoms with Gasteiger partial charge in [0.25, 0.3) is 0 Å². The fraction of sp³-hybridized carbons (Fsp3) is 0.267. The number of pyridine rings is 1. The normalized spacial score (nSPS) is 14.3. The van der Waals surface area contributed by atoms with Gasteiger partial charge in [0.2, 0.25) is 0 Å². The fourth-order valence-electron chi connectivity index (χ4n) is 1.63. The van der Waals surface area contributed by atoms with Crippen LogP contribution in [0.15, 0.2) is 42.6 Å². The van der Waals surface area contributed by atoms with Gasteiger partial charge in [0.05, 0.1) is 5.69 Å². The van der Waals surface area contributed by atoms with Crippen molar-refractivity contribution in [2.45, 2.75) is 26.6 Å². The zero-order valence-corrected chi connectivity index (χ0v) is 9.57. The molecule has 0 unspecified atom stereocenters. The molecule has 0 amide bonds. The number of hydrogen-bond acceptors (Lipinski definition) is 1. The summed E-state index contributed by atoms with van der Waals surface area (Å²) < 4.78 is 22.3. The van der Waals surface area contributed by atoms with E-state index in [2.05, 4.69) is 31.0 Å². The van der Waals surface area contributed by atoms with E-state index in [1.807, 2.05) is 12.1 Å². The summed E-state index contributed by atoms with van der Waals surface area (Å²) in [6.45, 7) is 2.20. The molecule has 0 atom stereocenters. The van der Waals surface area contributed by atoms with Gasteiger partial charge in [0.1, 0.15) is 0 Å². The van der Waals surface area contributed by atoms with Gasteiger partial charge in [-0.1, -0.05) is 38.1 Å². The second kappa shape index (κ2) is 4.48. The Kier molecular flexibility index (Phi) is 2.13. The van der Waals surface area contributed by atoms with E-state index in [0.717, 1.165) is 5.56 Å². The van der Waals surface area contributed by atoms with Crippen molar-refractivity contribution >= 4 is 0 Å². The van der Waals surface area contributed by atoms with Crippen LogP contribution in [0.5, 0.6) is 0 Å². The topological polar surface area (TPSA) is 12.9 Å². The summed E-state index contributed by atoms with van der Waals surface area (Å²) in [7, 11) is 0. The third-order valence-electron chi connectivity index (χ3n) is 2.63. The van der Waals surface area contributed by atoms with Crippen LogP contribution in [0.2, 0.25) is 0 Å². The van der Waals surface area contributed by atoms with Gasteiger partial charge in [0, 0.05) is 15.9 Å². The van der Waals surface area contributed by atoms with Crippen LogP contribution < -0.4 is 0 Å². The highest BCUT2D eigenvalue weighted by Crippen LogP contribution is 2.21. The smallest absolute Gasteiger partial charge is 0.0704 e. The molecule has 0 radical (unpaired) electrons. The van der Waals surface area contributed by atoms with Crippen LogP contribution in [-0.4, -0.2) is 4.98 Å². The van der Waals surface area contributed by atoms with E-state index in [9.17, 15) is 0 Å². The number of benzene rings is 1. The van der Waals surface area contributed by atoms with Crippen LogP contribution in [0, 0.1) is 6.85 Å². The van der Waals surface area contributed by atoms with Gasteiger partial charge >= 0.3 is 0 Å². The lowest BCUT2D eigenvalue weighted by atomic mass is 10.0. The van der Waals surface area contributed by atoms with Gasteiger partial charge < -0.3 is 0 Å². The largest absolute Gasteiger partial charge is 0.256 e. The Hall–Kier alpha value is -1.63. The maximum Gasteiger partial charge on any atom is 0.0704 e. The Bertz CT molecular complexity index is 556. The van der Waals surface area contributed by atoms with Crippen molar-refractivity contribution in [2.24, 2.45) is 0 Å². The third-order valence-corrected chi connectivity index (χ3v) is 2.63. The second-order valence-corrected chi connectivity index (χ2v) is 4.21. The van der Waals surface area contributed by atoms with Crippen molar-refractivity contribution in [1.29, 1.82) is 0 Å². The first-order valence-electron chi connectivity index (χ1n) is 6.95. The van der Waals surface area contributed by atoms with Crippen molar-refractivity contribution in [3.05, 3.63) is 53.7 Å². The summed E-state index contributed by atoms with van der Waals surface area (Å²) in [5, 5.41) is 0. The number of aromatic nitrogens is 1. The van der Waals surface area contributed by atoms with Gasteiger partial charge in [0.15, 0.2) is 0 Å². The van der Waals surface area contributed by atoms with Gasteiger partial charge in [-0.25, -0.2) is 0 Å². The minimum Gasteiger partial charge on any atom is -0.256 e. The molecule has 1 nitrogen and oxygen atoms in total. The lowest BCUT2D eigenvalue weighted by molar-refractivity contribution is 0.867. The molecule has 16 heavy (non-hydrogen) atoms. The molecule has 1 heterocycles. The van der Waals surface area contributed by atoms with E-state index in [4.69, 9.17) is 4.11 Å². The van der Waals surface area contributed by atoms with Crippen LogP contribution in [-0.2, 0) is 0 Å². The minimum absolute atomic E-state index is 0.324. The van der Waals surface area contributed by atoms with Crippen LogP contribution in [0.1, 0.15) is 35.0 Å². The summed E-state index contributed by atoms with van der Waals surface area (Å²) in [4.78, 5) is 4.25. The number of hydrogen-bond donors (Lipinski definition) is 0. The Balaban J connectivity index is 2.37. The van der Waals surface area contributed by atoms with Crippen molar-refractivity contribution < 1.29 is 4.11 Å². The van der Waals surface area contributed by atoms with E-state index < -0.39 is 6.85 Å². The first-order chi connectivity index (χ1) is 8.88. The maximum absolute atomic E-state index is 7.43. The quantitative estimate of drug-likeness (QED) is 0.730. The molecule has 0 aliphatic rings. The summed E-state index contributed by atoms with van der Waals surface area (Å²) in [5.74, 6) is 0.482. The predicted octanol–water partition coefficient (Wildman–Crippen LogP) is 4.18. The molecule has 0 aliphatic carbocycles. The Morgan fingerprint density at radius 2 is 1.88 bits per heavy atom. The number of aryl methyl sites for hydroxylation is 1. The summed E-state index contributed by atoms with van der Waals surface area (Å²) >= 11 is 0. The van der Waals surface area contributed by atoms with E-state index in [1.165, 1.54) is 5.56 Å². The molecular formula is C15H17N. The van der Waals surface area contributed by atoms with E-state index in [0.29, 0.717) is 17.2 Å². The molecule has 82 valence electrons. The fourth-order valence-corrected chi connectivity index (χ4v) is 1.63. The van der Waals surface area contributed by atoms with Crippen molar-refractivity contribution in [1.82, 2.24) is 4.98 Å². The summed E-state index contributed by atoms with van der Waals surface area (Å²) in [6.07, 6.45) is 1.55. The van der Waals surface area contributed by atoms with E-state index in [-0.39, 0.29) is 0 Å². The standard InChI is InChI=1S/C15H17N/c1-11(2)13-4-6-14(7-5-13)15-10-12(3)8-9-16-15/h4-11H,1-3H3/i3D3. The molecule has 0 saturated heterocycles. The molecule has 0 saturated carbocycles. The molecule has 0 N–H and O–H groups in total. The lowest BCUT2D eigenvalue weighted by Gasteiger charge is -2.06. The molecule has 0 fully saturated rings. The molecule has 1 heteroatoms. The van der Waals surface area contributed by atoms with Gasteiger partial charge in [-0.05, 0) is 36.0 Å². The average Bonchev–Trinajstić information content (AvgIpc) is 2.38. The molecular weight excluding hydrogens is 194 g/mol. The van der Waals surface area contributed by atoms with Crippen LogP contribution in [0.4, 0.5) is 0 Å². The van der Waals surface area contributed by atoms with Gasteiger partial charge in [-0.2, -0.15) is 0 Å². The summed E-state index contributed by atoms with van der Waals surface area (Å²) in [6, 6.07) is 11.3. The van der Waals surface area contributed by atoms with Crippen LogP contribution in [0.3, 0.4) is 0 Å². The zero-order valence-electron chi connectivity index (χ0n) is 12.6.